The molecule has 2 heteroatoms. The Morgan fingerprint density at radius 1 is 1.12 bits per heavy atom. The summed E-state index contributed by atoms with van der Waals surface area (Å²) >= 11 is 0. The molecule has 1 aliphatic rings. The van der Waals surface area contributed by atoms with E-state index in [1.54, 1.807) is 0 Å². The summed E-state index contributed by atoms with van der Waals surface area (Å²) in [7, 11) is 0. The molecule has 1 heterocycles. The molecule has 96 valence electrons. The van der Waals surface area contributed by atoms with Crippen molar-refractivity contribution in [1.82, 2.24) is 4.90 Å². The van der Waals surface area contributed by atoms with Crippen LogP contribution in [0.25, 0.3) is 0 Å². The van der Waals surface area contributed by atoms with Crippen LogP contribution in [0.15, 0.2) is 0 Å². The zero-order valence-electron chi connectivity index (χ0n) is 11.5. The van der Waals surface area contributed by atoms with Gasteiger partial charge in [0.1, 0.15) is 0 Å². The highest BCUT2D eigenvalue weighted by Gasteiger charge is 2.20. The minimum atomic E-state index is 0.445. The molecule has 0 aromatic carbocycles. The van der Waals surface area contributed by atoms with E-state index in [1.807, 2.05) is 0 Å². The van der Waals surface area contributed by atoms with Gasteiger partial charge in [-0.05, 0) is 45.1 Å². The minimum Gasteiger partial charge on any atom is -0.375 e. The number of ether oxygens (including phenoxy) is 1. The number of likely N-dealkylation sites (tertiary alicyclic amines) is 1. The molecule has 1 rings (SSSR count). The van der Waals surface area contributed by atoms with Crippen LogP contribution < -0.4 is 0 Å². The van der Waals surface area contributed by atoms with E-state index in [0.717, 1.165) is 5.92 Å². The van der Waals surface area contributed by atoms with Crippen LogP contribution in [0.5, 0.6) is 0 Å². The van der Waals surface area contributed by atoms with E-state index in [1.165, 1.54) is 45.3 Å². The summed E-state index contributed by atoms with van der Waals surface area (Å²) in [6.45, 7) is 12.7. The van der Waals surface area contributed by atoms with Crippen LogP contribution in [0.1, 0.15) is 53.4 Å². The fourth-order valence-electron chi connectivity index (χ4n) is 2.33. The molecule has 0 radical (unpaired) electrons. The van der Waals surface area contributed by atoms with E-state index in [9.17, 15) is 0 Å². The van der Waals surface area contributed by atoms with Crippen molar-refractivity contribution in [1.29, 1.82) is 0 Å². The quantitative estimate of drug-likeness (QED) is 0.690. The molecule has 0 aromatic heterocycles. The smallest absolute Gasteiger partial charge is 0.0603 e. The lowest BCUT2D eigenvalue weighted by atomic mass is 10.0. The molecule has 1 aliphatic heterocycles. The maximum absolute atomic E-state index is 6.11. The number of nitrogens with zero attached hydrogens (tertiary/aromatic N) is 1. The number of hydrogen-bond acceptors (Lipinski definition) is 2. The van der Waals surface area contributed by atoms with Crippen molar-refractivity contribution < 1.29 is 4.74 Å². The lowest BCUT2D eigenvalue weighted by Gasteiger charge is -2.32. The molecule has 0 saturated carbocycles. The van der Waals surface area contributed by atoms with Crippen molar-refractivity contribution in [2.24, 2.45) is 5.92 Å². The van der Waals surface area contributed by atoms with Crippen LogP contribution in [0.4, 0.5) is 0 Å². The standard InChI is InChI=1S/C14H29NO/c1-5-15-10-8-14(9-11-15)16-13(4)7-6-12(2)3/h12-14H,5-11H2,1-4H3/t13-/m1/s1. The molecule has 0 aromatic rings. The largest absolute Gasteiger partial charge is 0.375 e. The van der Waals surface area contributed by atoms with Crippen LogP contribution in [0, 0.1) is 5.92 Å². The Morgan fingerprint density at radius 3 is 2.25 bits per heavy atom. The Bertz CT molecular complexity index is 174. The lowest BCUT2D eigenvalue weighted by molar-refractivity contribution is -0.0384. The highest BCUT2D eigenvalue weighted by molar-refractivity contribution is 4.72. The second kappa shape index (κ2) is 7.29. The van der Waals surface area contributed by atoms with Gasteiger partial charge in [-0.25, -0.2) is 0 Å². The highest BCUT2D eigenvalue weighted by Crippen LogP contribution is 2.17. The van der Waals surface area contributed by atoms with Gasteiger partial charge < -0.3 is 9.64 Å². The molecule has 1 fully saturated rings. The van der Waals surface area contributed by atoms with E-state index < -0.39 is 0 Å². The molecule has 0 unspecified atom stereocenters. The Labute approximate surface area is 101 Å². The van der Waals surface area contributed by atoms with Gasteiger partial charge in [-0.1, -0.05) is 20.8 Å². The normalized spacial score (nSPS) is 21.6. The predicted molar refractivity (Wildman–Crippen MR) is 69.8 cm³/mol. The zero-order chi connectivity index (χ0) is 12.0. The van der Waals surface area contributed by atoms with Gasteiger partial charge >= 0.3 is 0 Å². The van der Waals surface area contributed by atoms with E-state index in [0.29, 0.717) is 12.2 Å². The van der Waals surface area contributed by atoms with Gasteiger partial charge in [0.2, 0.25) is 0 Å². The molecular weight excluding hydrogens is 198 g/mol. The minimum absolute atomic E-state index is 0.445. The molecule has 0 N–H and O–H groups in total. The average molecular weight is 227 g/mol. The van der Waals surface area contributed by atoms with Gasteiger partial charge in [0.25, 0.3) is 0 Å². The molecule has 2 nitrogen and oxygen atoms in total. The van der Waals surface area contributed by atoms with Crippen LogP contribution >= 0.6 is 0 Å². The van der Waals surface area contributed by atoms with Gasteiger partial charge in [-0.15, -0.1) is 0 Å². The predicted octanol–water partition coefficient (Wildman–Crippen LogP) is 3.31. The molecule has 1 saturated heterocycles. The van der Waals surface area contributed by atoms with Crippen molar-refractivity contribution in [3.05, 3.63) is 0 Å². The van der Waals surface area contributed by atoms with Gasteiger partial charge in [-0.3, -0.25) is 0 Å². The monoisotopic (exact) mass is 227 g/mol. The summed E-state index contributed by atoms with van der Waals surface area (Å²) in [4.78, 5) is 2.51. The summed E-state index contributed by atoms with van der Waals surface area (Å²) in [6, 6.07) is 0. The molecule has 16 heavy (non-hydrogen) atoms. The van der Waals surface area contributed by atoms with Crippen molar-refractivity contribution in [2.75, 3.05) is 19.6 Å². The summed E-state index contributed by atoms with van der Waals surface area (Å²) < 4.78 is 6.11. The first-order valence-electron chi connectivity index (χ1n) is 6.99. The van der Waals surface area contributed by atoms with Gasteiger partial charge in [0.05, 0.1) is 12.2 Å². The Morgan fingerprint density at radius 2 is 1.75 bits per heavy atom. The van der Waals surface area contributed by atoms with E-state index >= 15 is 0 Å². The zero-order valence-corrected chi connectivity index (χ0v) is 11.5. The fourth-order valence-corrected chi connectivity index (χ4v) is 2.33. The number of hydrogen-bond donors (Lipinski definition) is 0. The topological polar surface area (TPSA) is 12.5 Å². The molecule has 0 spiro atoms. The fraction of sp³-hybridized carbons (Fsp3) is 1.00. The maximum Gasteiger partial charge on any atom is 0.0603 e. The van der Waals surface area contributed by atoms with Crippen molar-refractivity contribution in [3.8, 4) is 0 Å². The van der Waals surface area contributed by atoms with Crippen LogP contribution in [0.2, 0.25) is 0 Å². The summed E-state index contributed by atoms with van der Waals surface area (Å²) in [5, 5.41) is 0. The number of piperidine rings is 1. The molecule has 0 aliphatic carbocycles. The highest BCUT2D eigenvalue weighted by atomic mass is 16.5. The van der Waals surface area contributed by atoms with Gasteiger partial charge in [0.15, 0.2) is 0 Å². The third kappa shape index (κ3) is 5.31. The van der Waals surface area contributed by atoms with Gasteiger partial charge in [0, 0.05) is 13.1 Å². The van der Waals surface area contributed by atoms with Crippen molar-refractivity contribution in [2.45, 2.75) is 65.6 Å². The lowest BCUT2D eigenvalue weighted by Crippen LogP contribution is -2.37. The average Bonchev–Trinajstić information content (AvgIpc) is 2.27. The van der Waals surface area contributed by atoms with Crippen molar-refractivity contribution in [3.63, 3.8) is 0 Å². The third-order valence-corrected chi connectivity index (χ3v) is 3.56. The van der Waals surface area contributed by atoms with E-state index in [2.05, 4.69) is 32.6 Å². The van der Waals surface area contributed by atoms with Crippen LogP contribution in [0.3, 0.4) is 0 Å². The third-order valence-electron chi connectivity index (χ3n) is 3.56. The SMILES string of the molecule is CCN1CCC(O[C@H](C)CCC(C)C)CC1. The van der Waals surface area contributed by atoms with E-state index in [4.69, 9.17) is 4.74 Å². The van der Waals surface area contributed by atoms with Gasteiger partial charge in [-0.2, -0.15) is 0 Å². The Hall–Kier alpha value is -0.0800. The molecule has 1 atom stereocenters. The Balaban J connectivity index is 2.13. The summed E-state index contributed by atoms with van der Waals surface area (Å²) in [5.74, 6) is 0.799. The molecule has 0 amide bonds. The number of rotatable bonds is 6. The van der Waals surface area contributed by atoms with Crippen molar-refractivity contribution >= 4 is 0 Å². The first kappa shape index (κ1) is 14.0. The molecule has 0 bridgehead atoms. The molecular formula is C14H29NO. The van der Waals surface area contributed by atoms with Crippen LogP contribution in [-0.2, 0) is 4.74 Å². The maximum atomic E-state index is 6.11. The Kier molecular flexibility index (Phi) is 6.37. The first-order valence-corrected chi connectivity index (χ1v) is 6.99. The van der Waals surface area contributed by atoms with Crippen LogP contribution in [-0.4, -0.2) is 36.7 Å². The summed E-state index contributed by atoms with van der Waals surface area (Å²) in [6.07, 6.45) is 5.91. The first-order chi connectivity index (χ1) is 7.61. The second-order valence-corrected chi connectivity index (χ2v) is 5.55. The summed E-state index contributed by atoms with van der Waals surface area (Å²) in [5.41, 5.74) is 0. The second-order valence-electron chi connectivity index (χ2n) is 5.55. The van der Waals surface area contributed by atoms with E-state index in [-0.39, 0.29) is 0 Å².